The summed E-state index contributed by atoms with van der Waals surface area (Å²) in [6.07, 6.45) is 4.73. The Morgan fingerprint density at radius 2 is 1.56 bits per heavy atom. The first-order chi connectivity index (χ1) is 49.8. The second kappa shape index (κ2) is 35.3. The Morgan fingerprint density at radius 3 is 2.23 bits per heavy atom. The number of hydrogen-bond donors (Lipinski definition) is 16. The van der Waals surface area contributed by atoms with Gasteiger partial charge in [-0.2, -0.15) is 11.8 Å². The van der Waals surface area contributed by atoms with E-state index >= 15 is 0 Å². The van der Waals surface area contributed by atoms with E-state index in [9.17, 15) is 73.2 Å². The molecular formula is C74H104N14O15S2. The number of rotatable bonds is 13. The van der Waals surface area contributed by atoms with Gasteiger partial charge in [0.1, 0.15) is 53.3 Å². The van der Waals surface area contributed by atoms with Crippen LogP contribution in [0.4, 0.5) is 0 Å². The normalized spacial score (nSPS) is 26.0. The minimum atomic E-state index is -2.38. The molecule has 3 aromatic carbocycles. The molecule has 5 aromatic rings. The number of amides is 9. The fourth-order valence-corrected chi connectivity index (χ4v) is 17.2. The molecule has 2 bridgehead atoms. The number of piperidine rings is 1. The molecule has 2 fully saturated rings. The van der Waals surface area contributed by atoms with E-state index < -0.39 is 176 Å². The number of nitrogens with one attached hydrogen (secondary N) is 10. The lowest BCUT2D eigenvalue weighted by atomic mass is 9.72. The number of nitrogens with zero attached hydrogens (tertiary/aromatic N) is 3. The minimum absolute atomic E-state index is 0.0404. The first kappa shape index (κ1) is 80.6. The summed E-state index contributed by atoms with van der Waals surface area (Å²) < 4.78 is 14.6. The molecule has 0 spiro atoms. The zero-order valence-corrected chi connectivity index (χ0v) is 63.0. The number of aryl methyl sites for hydroxylation is 1. The van der Waals surface area contributed by atoms with Crippen molar-refractivity contribution in [2.45, 2.75) is 185 Å². The maximum Gasteiger partial charge on any atom is 0.248 e. The van der Waals surface area contributed by atoms with Crippen LogP contribution < -0.4 is 48.3 Å². The average Bonchev–Trinajstić information content (AvgIpc) is 1.71. The lowest BCUT2D eigenvalue weighted by Gasteiger charge is -2.47. The van der Waals surface area contributed by atoms with Crippen LogP contribution in [0.25, 0.3) is 21.8 Å². The van der Waals surface area contributed by atoms with Crippen LogP contribution in [0.1, 0.15) is 125 Å². The van der Waals surface area contributed by atoms with E-state index in [1.165, 1.54) is 90.8 Å². The van der Waals surface area contributed by atoms with Crippen molar-refractivity contribution < 1.29 is 73.2 Å². The molecule has 14 atom stereocenters. The zero-order valence-electron chi connectivity index (χ0n) is 61.4. The SMILES string of the molecule is CCC(C)[C@@H]1NC(=O)CNC(=O)[C@@H]2Cc3c([nH]c4cc(O)ccc34)[S@+]([O-])C[C@H](NC(=O)CNC1=O)C(=O)N[C@@H](CC(N)=O)C(=O)N1CC(O)C[C@H]1C(=O)N[C@@H](C(C)[C@@H](O)CO)C(=O)N2.CCCN1C[C@H](CSC)C[C@@H]2c3cccc4[nH]cc(c34)C[C@H]21.Cc1cc(C(C)(C)C)c(O)c(C)c1CC1=NCCN1. The highest BCUT2D eigenvalue weighted by Crippen LogP contribution is 2.45. The number of aliphatic imine (C=N–C) groups is 1. The number of primary amides is 1. The number of phenolic OH excluding ortho intramolecular Hbond substituents is 2. The van der Waals surface area contributed by atoms with Crippen molar-refractivity contribution in [3.05, 3.63) is 87.6 Å². The number of H-pyrrole nitrogens is 2. The maximum absolute atomic E-state index is 14.6. The molecule has 11 rings (SSSR count). The maximum atomic E-state index is 14.6. The zero-order chi connectivity index (χ0) is 76.5. The number of carbonyl (C=O) groups excluding carboxylic acids is 9. The van der Waals surface area contributed by atoms with Crippen LogP contribution in [-0.2, 0) is 79.0 Å². The van der Waals surface area contributed by atoms with Crippen molar-refractivity contribution in [1.82, 2.24) is 62.3 Å². The number of hydrogen-bond acceptors (Lipinski definition) is 19. The molecule has 0 radical (unpaired) electrons. The third kappa shape index (κ3) is 19.2. The van der Waals surface area contributed by atoms with E-state index in [-0.39, 0.29) is 32.7 Å². The highest BCUT2D eigenvalue weighted by Gasteiger charge is 2.46. The molecule has 6 aliphatic rings. The monoisotopic (exact) mass is 1490 g/mol. The lowest BCUT2D eigenvalue weighted by Crippen LogP contribution is -2.62. The summed E-state index contributed by atoms with van der Waals surface area (Å²) in [6, 6.07) is 3.70. The van der Waals surface area contributed by atoms with E-state index in [0.29, 0.717) is 18.2 Å². The highest BCUT2D eigenvalue weighted by molar-refractivity contribution is 7.98. The fraction of sp³-hybridized carbons (Fsp3) is 0.568. The highest BCUT2D eigenvalue weighted by atomic mass is 32.2. The molecule has 29 nitrogen and oxygen atoms in total. The first-order valence-corrected chi connectivity index (χ1v) is 38.8. The lowest BCUT2D eigenvalue weighted by molar-refractivity contribution is -0.144. The van der Waals surface area contributed by atoms with Gasteiger partial charge in [0, 0.05) is 102 Å². The first-order valence-electron chi connectivity index (χ1n) is 36.1. The largest absolute Gasteiger partial charge is 0.610 e. The quantitative estimate of drug-likeness (QED) is 0.0737. The molecule has 9 amide bonds. The Hall–Kier alpha value is -8.46. The molecule has 7 heterocycles. The number of benzene rings is 3. The molecule has 2 aromatic heterocycles. The molecule has 2 saturated heterocycles. The van der Waals surface area contributed by atoms with Crippen LogP contribution in [0, 0.1) is 31.6 Å². The number of fused-ring (bicyclic) bond motifs is 7. The van der Waals surface area contributed by atoms with Crippen LogP contribution in [-0.4, -0.2) is 234 Å². The Morgan fingerprint density at radius 1 is 0.838 bits per heavy atom. The van der Waals surface area contributed by atoms with Crippen molar-refractivity contribution in [2.75, 3.05) is 70.2 Å². The van der Waals surface area contributed by atoms with Crippen molar-refractivity contribution in [2.24, 2.45) is 28.5 Å². The van der Waals surface area contributed by atoms with Crippen LogP contribution in [0.3, 0.4) is 0 Å². The molecule has 1 aliphatic carbocycles. The molecule has 105 heavy (non-hydrogen) atoms. The summed E-state index contributed by atoms with van der Waals surface area (Å²) in [4.78, 5) is 138. The van der Waals surface area contributed by atoms with Gasteiger partial charge in [-0.1, -0.05) is 73.1 Å². The van der Waals surface area contributed by atoms with Crippen LogP contribution >= 0.6 is 11.8 Å². The predicted molar refractivity (Wildman–Crippen MR) is 399 cm³/mol. The number of nitrogens with two attached hydrogens (primary N) is 1. The van der Waals surface area contributed by atoms with Gasteiger partial charge in [-0.3, -0.25) is 53.0 Å². The Kier molecular flexibility index (Phi) is 27.1. The number of aromatic nitrogens is 2. The van der Waals surface area contributed by atoms with E-state index in [1.807, 2.05) is 18.7 Å². The molecule has 0 saturated carbocycles. The topological polar surface area (TPSA) is 451 Å². The minimum Gasteiger partial charge on any atom is -0.610 e. The number of amidine groups is 1. The van der Waals surface area contributed by atoms with Gasteiger partial charge in [0.2, 0.25) is 58.2 Å². The van der Waals surface area contributed by atoms with Gasteiger partial charge in [-0.25, -0.2) is 0 Å². The summed E-state index contributed by atoms with van der Waals surface area (Å²) in [5, 5.41) is 74.0. The van der Waals surface area contributed by atoms with E-state index in [0.717, 1.165) is 53.2 Å². The van der Waals surface area contributed by atoms with Gasteiger partial charge >= 0.3 is 0 Å². The van der Waals surface area contributed by atoms with Crippen molar-refractivity contribution >= 4 is 104 Å². The number of likely N-dealkylation sites (tertiary alicyclic amines) is 1. The van der Waals surface area contributed by atoms with Gasteiger partial charge in [0.05, 0.1) is 50.4 Å². The summed E-state index contributed by atoms with van der Waals surface area (Å²) in [5.74, 6) is -7.70. The van der Waals surface area contributed by atoms with E-state index in [1.54, 1.807) is 19.4 Å². The summed E-state index contributed by atoms with van der Waals surface area (Å²) in [5.41, 5.74) is 14.6. The van der Waals surface area contributed by atoms with Crippen LogP contribution in [0.15, 0.2) is 58.7 Å². The molecule has 3 unspecified atom stereocenters. The summed E-state index contributed by atoms with van der Waals surface area (Å²) >= 11 is -0.367. The number of aliphatic hydroxyl groups is 3. The smallest absolute Gasteiger partial charge is 0.248 e. The number of carbonyl (C=O) groups is 9. The van der Waals surface area contributed by atoms with Crippen LogP contribution in [0.2, 0.25) is 0 Å². The standard InChI is InChI=1S/C39H54N10O14S.C19H26N2S.C16H24N2O/c1-4-16(2)31-36(60)42-11-29(55)43-25-15-64(63)38-21(20-6-5-18(51)7-22(20)46-38)9-23(33(57)41-12-30(56)47-31)44-37(61)32(17(3)27(53)14-50)48-35(59)26-8-19(52)13-49(26)39(62)24(10-28(40)54)45-34(25)58;1-3-7-21-11-13(12-22-2)8-16-15-5-4-6-17-19(15)14(10-20-17)9-18(16)21;1-10-8-13(16(3,4)5)15(19)11(2)12(10)9-14-17-6-7-18-14/h5-7,16-17,19,23-27,31-32,46,50-53H,4,8-15H2,1-3H3,(H2,40,54)(H,41,57)(H,42,60)(H,43,55)(H,44,61)(H,45,58)(H,47,56)(H,48,59);4-6,10,13,16,18,20H,3,7-9,11-12H2,1-2H3;8,19H,6-7,9H2,1-5H3,(H,17,18)/t16?,17?,19?,23-,24-,25-,26-,27-,31-,32-,64+;13-,16-,18-;/m01./s1. The van der Waals surface area contributed by atoms with Gasteiger partial charge < -0.3 is 93.2 Å². The third-order valence-corrected chi connectivity index (χ3v) is 23.1. The number of thioether (sulfide) groups is 1. The number of aliphatic hydroxyl groups excluding tert-OH is 3. The Bertz CT molecular complexity index is 4060. The van der Waals surface area contributed by atoms with Gasteiger partial charge in [0.25, 0.3) is 0 Å². The average molecular weight is 1490 g/mol. The second-order valence-electron chi connectivity index (χ2n) is 29.5. The molecular weight excluding hydrogens is 1390 g/mol. The predicted octanol–water partition coefficient (Wildman–Crippen LogP) is 1.20. The molecule has 572 valence electrons. The Balaban J connectivity index is 0.000000248. The summed E-state index contributed by atoms with van der Waals surface area (Å²) in [6.45, 7) is 18.9. The fourth-order valence-electron chi connectivity index (χ4n) is 15.1. The van der Waals surface area contributed by atoms with E-state index in [2.05, 4.69) is 134 Å². The van der Waals surface area contributed by atoms with Crippen molar-refractivity contribution in [3.8, 4) is 11.5 Å². The van der Waals surface area contributed by atoms with Crippen molar-refractivity contribution in [1.29, 1.82) is 0 Å². The number of aromatic amines is 2. The molecule has 17 N–H and O–H groups in total. The van der Waals surface area contributed by atoms with Gasteiger partial charge in [0.15, 0.2) is 6.04 Å². The second-order valence-corrected chi connectivity index (χ2v) is 31.9. The van der Waals surface area contributed by atoms with Gasteiger partial charge in [-0.15, -0.1) is 0 Å². The summed E-state index contributed by atoms with van der Waals surface area (Å²) in [7, 11) is 0. The third-order valence-electron chi connectivity index (χ3n) is 20.9. The molecule has 5 aliphatic heterocycles. The molecule has 31 heteroatoms. The van der Waals surface area contributed by atoms with E-state index in [4.69, 9.17) is 5.73 Å². The number of phenols is 2. The van der Waals surface area contributed by atoms with Crippen LogP contribution in [0.5, 0.6) is 11.5 Å². The van der Waals surface area contributed by atoms with Crippen molar-refractivity contribution in [3.63, 3.8) is 0 Å². The number of aromatic hydroxyl groups is 2. The Labute approximate surface area is 618 Å². The van der Waals surface area contributed by atoms with Gasteiger partial charge in [-0.05, 0) is 120 Å².